The van der Waals surface area contributed by atoms with Crippen molar-refractivity contribution in [2.45, 2.75) is 0 Å². The molecule has 0 aliphatic rings. The number of fused-ring (bicyclic) bond motifs is 9. The Morgan fingerprint density at radius 1 is 0.352 bits per heavy atom. The predicted molar refractivity (Wildman–Crippen MR) is 225 cm³/mol. The zero-order chi connectivity index (χ0) is 35.6. The van der Waals surface area contributed by atoms with Gasteiger partial charge in [0.05, 0.1) is 40.2 Å². The number of rotatable bonds is 5. The lowest BCUT2D eigenvalue weighted by molar-refractivity contribution is 1.05. The van der Waals surface area contributed by atoms with Crippen LogP contribution in [0.2, 0.25) is 0 Å². The van der Waals surface area contributed by atoms with Gasteiger partial charge in [-0.2, -0.15) is 0 Å². The first-order chi connectivity index (χ1) is 26.8. The standard InChI is InChI=1S/C50H32N4/c1-4-14-33(15-5-1)36-28-37(34-16-6-2-7-17-34)30-38(29-36)44-31-52-47(32-51-44)54-46-23-13-11-21-41(46)43-27-25-35-24-26-42-40-20-10-12-22-45(40)53(39-18-8-3-9-19-39)49(42)48(35)50(43)54/h1-32H. The van der Waals surface area contributed by atoms with Gasteiger partial charge in [-0.3, -0.25) is 9.55 Å². The molecule has 4 nitrogen and oxygen atoms in total. The van der Waals surface area contributed by atoms with Crippen LogP contribution in [0.3, 0.4) is 0 Å². The van der Waals surface area contributed by atoms with E-state index in [1.54, 1.807) is 0 Å². The monoisotopic (exact) mass is 688 g/mol. The summed E-state index contributed by atoms with van der Waals surface area (Å²) in [6.45, 7) is 0. The van der Waals surface area contributed by atoms with Gasteiger partial charge in [-0.15, -0.1) is 0 Å². The highest BCUT2D eigenvalue weighted by Gasteiger charge is 2.21. The van der Waals surface area contributed by atoms with Crippen molar-refractivity contribution in [1.29, 1.82) is 0 Å². The van der Waals surface area contributed by atoms with Gasteiger partial charge in [0.15, 0.2) is 5.82 Å². The molecule has 0 aliphatic carbocycles. The van der Waals surface area contributed by atoms with Crippen molar-refractivity contribution in [1.82, 2.24) is 19.1 Å². The van der Waals surface area contributed by atoms with E-state index in [0.717, 1.165) is 56.0 Å². The number of aromatic nitrogens is 4. The molecular weight excluding hydrogens is 657 g/mol. The van der Waals surface area contributed by atoms with Gasteiger partial charge in [0.1, 0.15) is 0 Å². The van der Waals surface area contributed by atoms with Crippen LogP contribution < -0.4 is 0 Å². The molecule has 0 N–H and O–H groups in total. The topological polar surface area (TPSA) is 35.6 Å². The van der Waals surface area contributed by atoms with Crippen molar-refractivity contribution >= 4 is 54.4 Å². The first-order valence-electron chi connectivity index (χ1n) is 18.3. The second-order valence-corrected chi connectivity index (χ2v) is 13.9. The average Bonchev–Trinajstić information content (AvgIpc) is 3.78. The fourth-order valence-electron chi connectivity index (χ4n) is 8.35. The molecule has 0 radical (unpaired) electrons. The fourth-order valence-corrected chi connectivity index (χ4v) is 8.35. The lowest BCUT2D eigenvalue weighted by Gasteiger charge is -2.14. The maximum absolute atomic E-state index is 5.21. The molecule has 3 aromatic heterocycles. The second kappa shape index (κ2) is 12.1. The third-order valence-corrected chi connectivity index (χ3v) is 10.8. The third kappa shape index (κ3) is 4.70. The molecule has 11 aromatic rings. The highest BCUT2D eigenvalue weighted by Crippen LogP contribution is 2.43. The number of hydrogen-bond donors (Lipinski definition) is 0. The summed E-state index contributed by atoms with van der Waals surface area (Å²) in [5, 5.41) is 7.19. The summed E-state index contributed by atoms with van der Waals surface area (Å²) in [5.41, 5.74) is 12.2. The molecule has 0 fully saturated rings. The van der Waals surface area contributed by atoms with E-state index in [0.29, 0.717) is 0 Å². The summed E-state index contributed by atoms with van der Waals surface area (Å²) >= 11 is 0. The largest absolute Gasteiger partial charge is 0.309 e. The summed E-state index contributed by atoms with van der Waals surface area (Å²) in [6.07, 6.45) is 3.86. The molecule has 252 valence electrons. The van der Waals surface area contributed by atoms with E-state index in [4.69, 9.17) is 9.97 Å². The van der Waals surface area contributed by atoms with Crippen LogP contribution in [0.15, 0.2) is 194 Å². The minimum Gasteiger partial charge on any atom is -0.309 e. The highest BCUT2D eigenvalue weighted by molar-refractivity contribution is 6.28. The fraction of sp³-hybridized carbons (Fsp3) is 0. The van der Waals surface area contributed by atoms with Crippen LogP contribution in [0, 0.1) is 0 Å². The van der Waals surface area contributed by atoms with Gasteiger partial charge in [-0.1, -0.05) is 140 Å². The van der Waals surface area contributed by atoms with Crippen molar-refractivity contribution in [2.24, 2.45) is 0 Å². The maximum atomic E-state index is 5.21. The molecule has 0 amide bonds. The van der Waals surface area contributed by atoms with E-state index < -0.39 is 0 Å². The third-order valence-electron chi connectivity index (χ3n) is 10.8. The van der Waals surface area contributed by atoms with Crippen LogP contribution in [-0.4, -0.2) is 19.1 Å². The number of hydrogen-bond acceptors (Lipinski definition) is 2. The Morgan fingerprint density at radius 2 is 0.852 bits per heavy atom. The zero-order valence-corrected chi connectivity index (χ0v) is 29.3. The molecule has 11 rings (SSSR count). The van der Waals surface area contributed by atoms with Crippen molar-refractivity contribution in [3.63, 3.8) is 0 Å². The molecule has 0 saturated carbocycles. The van der Waals surface area contributed by atoms with Crippen LogP contribution >= 0.6 is 0 Å². The van der Waals surface area contributed by atoms with Crippen molar-refractivity contribution < 1.29 is 0 Å². The van der Waals surface area contributed by atoms with E-state index in [1.165, 1.54) is 43.4 Å². The maximum Gasteiger partial charge on any atom is 0.156 e. The first kappa shape index (κ1) is 30.3. The number of benzene rings is 8. The van der Waals surface area contributed by atoms with Gasteiger partial charge in [0.25, 0.3) is 0 Å². The molecule has 4 heteroatoms. The molecule has 0 bridgehead atoms. The van der Waals surface area contributed by atoms with Gasteiger partial charge >= 0.3 is 0 Å². The molecule has 0 unspecified atom stereocenters. The summed E-state index contributed by atoms with van der Waals surface area (Å²) < 4.78 is 4.74. The molecule has 0 saturated heterocycles. The predicted octanol–water partition coefficient (Wildman–Crippen LogP) is 12.8. The molecule has 3 heterocycles. The number of para-hydroxylation sites is 3. The van der Waals surface area contributed by atoms with Crippen LogP contribution in [0.5, 0.6) is 0 Å². The molecule has 54 heavy (non-hydrogen) atoms. The van der Waals surface area contributed by atoms with Crippen molar-refractivity contribution in [2.75, 3.05) is 0 Å². The van der Waals surface area contributed by atoms with Crippen molar-refractivity contribution in [3.05, 3.63) is 194 Å². The van der Waals surface area contributed by atoms with E-state index in [2.05, 4.69) is 191 Å². The van der Waals surface area contributed by atoms with E-state index in [1.807, 2.05) is 12.4 Å². The Hall–Kier alpha value is -7.30. The summed E-state index contributed by atoms with van der Waals surface area (Å²) in [4.78, 5) is 10.3. The van der Waals surface area contributed by atoms with Gasteiger partial charge in [-0.05, 0) is 70.1 Å². The highest BCUT2D eigenvalue weighted by atomic mass is 15.1. The molecule has 0 atom stereocenters. The normalized spacial score (nSPS) is 11.7. The summed E-state index contributed by atoms with van der Waals surface area (Å²) in [7, 11) is 0. The smallest absolute Gasteiger partial charge is 0.156 e. The van der Waals surface area contributed by atoms with E-state index >= 15 is 0 Å². The Balaban J connectivity index is 1.17. The Labute approximate surface area is 311 Å². The SMILES string of the molecule is c1ccc(-c2cc(-c3ccccc3)cc(-c3cnc(-n4c5ccccc5c5ccc6ccc7c8ccccc8n(-c8ccccc8)c7c6c54)cn3)c2)cc1. The van der Waals surface area contributed by atoms with E-state index in [-0.39, 0.29) is 0 Å². The lowest BCUT2D eigenvalue weighted by atomic mass is 9.95. The zero-order valence-electron chi connectivity index (χ0n) is 29.3. The minimum atomic E-state index is 0.777. The van der Waals surface area contributed by atoms with Crippen LogP contribution in [0.4, 0.5) is 0 Å². The van der Waals surface area contributed by atoms with Crippen molar-refractivity contribution in [3.8, 4) is 45.0 Å². The lowest BCUT2D eigenvalue weighted by Crippen LogP contribution is -2.00. The summed E-state index contributed by atoms with van der Waals surface area (Å²) in [5.74, 6) is 0.777. The van der Waals surface area contributed by atoms with Gasteiger partial charge in [0, 0.05) is 38.2 Å². The average molecular weight is 689 g/mol. The van der Waals surface area contributed by atoms with Gasteiger partial charge in [0.2, 0.25) is 0 Å². The molecule has 0 spiro atoms. The van der Waals surface area contributed by atoms with Crippen LogP contribution in [-0.2, 0) is 0 Å². The Bertz CT molecular complexity index is 3110. The summed E-state index contributed by atoms with van der Waals surface area (Å²) in [6, 6.07) is 64.9. The van der Waals surface area contributed by atoms with Gasteiger partial charge < -0.3 is 4.57 Å². The van der Waals surface area contributed by atoms with Crippen LogP contribution in [0.25, 0.3) is 99.4 Å². The molecule has 8 aromatic carbocycles. The second-order valence-electron chi connectivity index (χ2n) is 13.9. The van der Waals surface area contributed by atoms with Gasteiger partial charge in [-0.25, -0.2) is 4.98 Å². The number of nitrogens with zero attached hydrogens (tertiary/aromatic N) is 4. The Morgan fingerprint density at radius 3 is 1.43 bits per heavy atom. The van der Waals surface area contributed by atoms with E-state index in [9.17, 15) is 0 Å². The van der Waals surface area contributed by atoms with Crippen LogP contribution in [0.1, 0.15) is 0 Å². The first-order valence-corrected chi connectivity index (χ1v) is 18.3. The quantitative estimate of drug-likeness (QED) is 0.180. The molecular formula is C50H32N4. The molecule has 0 aliphatic heterocycles. The minimum absolute atomic E-state index is 0.777. The Kier molecular flexibility index (Phi) is 6.82.